The molecule has 1 aromatic heterocycles. The standard InChI is InChI=1S/C15H11F3N2O6/c1-26-6-4-2-3-5(10(6)15(16,17)18)7-8(13(22)23)11(19)20-12(21)9(7)14(24)25/h2-4H,1H3,(H,22,23)(H,24,25)(H3,19,20,21). The third-order valence-electron chi connectivity index (χ3n) is 3.47. The first-order valence-corrected chi connectivity index (χ1v) is 6.77. The van der Waals surface area contributed by atoms with Gasteiger partial charge in [-0.2, -0.15) is 13.2 Å². The number of methoxy groups -OCH3 is 1. The zero-order valence-electron chi connectivity index (χ0n) is 13.0. The van der Waals surface area contributed by atoms with Crippen LogP contribution >= 0.6 is 0 Å². The van der Waals surface area contributed by atoms with E-state index in [2.05, 4.69) is 4.74 Å². The molecule has 138 valence electrons. The van der Waals surface area contributed by atoms with E-state index in [1.165, 1.54) is 0 Å². The van der Waals surface area contributed by atoms with Gasteiger partial charge in [0.1, 0.15) is 28.3 Å². The van der Waals surface area contributed by atoms with Crippen LogP contribution in [0.25, 0.3) is 11.1 Å². The fourth-order valence-electron chi connectivity index (χ4n) is 2.52. The van der Waals surface area contributed by atoms with Crippen LogP contribution in [0, 0.1) is 0 Å². The molecule has 1 heterocycles. The number of alkyl halides is 3. The predicted molar refractivity (Wildman–Crippen MR) is 82.4 cm³/mol. The Morgan fingerprint density at radius 3 is 2.19 bits per heavy atom. The van der Waals surface area contributed by atoms with E-state index in [-0.39, 0.29) is 0 Å². The first kappa shape index (κ1) is 18.8. The second-order valence-electron chi connectivity index (χ2n) is 4.98. The lowest BCUT2D eigenvalue weighted by molar-refractivity contribution is -0.138. The van der Waals surface area contributed by atoms with Crippen LogP contribution < -0.4 is 16.0 Å². The van der Waals surface area contributed by atoms with Gasteiger partial charge in [0.15, 0.2) is 0 Å². The van der Waals surface area contributed by atoms with Crippen LogP contribution in [0.3, 0.4) is 0 Å². The van der Waals surface area contributed by atoms with E-state index in [0.717, 1.165) is 25.3 Å². The number of carboxylic acid groups (broad SMARTS) is 2. The lowest BCUT2D eigenvalue weighted by Crippen LogP contribution is -2.25. The minimum atomic E-state index is -5.04. The minimum absolute atomic E-state index is 0.679. The third kappa shape index (κ3) is 3.06. The molecule has 0 atom stereocenters. The molecule has 0 bridgehead atoms. The van der Waals surface area contributed by atoms with Crippen LogP contribution in [0.4, 0.5) is 19.0 Å². The molecule has 8 nitrogen and oxygen atoms in total. The molecule has 0 saturated carbocycles. The van der Waals surface area contributed by atoms with E-state index in [1.807, 2.05) is 4.98 Å². The second-order valence-corrected chi connectivity index (χ2v) is 4.98. The van der Waals surface area contributed by atoms with E-state index in [0.29, 0.717) is 0 Å². The number of rotatable bonds is 4. The number of ether oxygens (including phenoxy) is 1. The van der Waals surface area contributed by atoms with Gasteiger partial charge >= 0.3 is 18.1 Å². The predicted octanol–water partition coefficient (Wildman–Crippen LogP) is 2.05. The van der Waals surface area contributed by atoms with Crippen LogP contribution in [-0.2, 0) is 6.18 Å². The summed E-state index contributed by atoms with van der Waals surface area (Å²) in [7, 11) is 0.955. The van der Waals surface area contributed by atoms with Gasteiger partial charge in [-0.3, -0.25) is 4.79 Å². The molecule has 26 heavy (non-hydrogen) atoms. The van der Waals surface area contributed by atoms with Crippen molar-refractivity contribution in [2.45, 2.75) is 6.18 Å². The quantitative estimate of drug-likeness (QED) is 0.643. The number of carbonyl (C=O) groups is 2. The van der Waals surface area contributed by atoms with Crippen LogP contribution in [0.15, 0.2) is 23.0 Å². The lowest BCUT2D eigenvalue weighted by atomic mass is 9.91. The Morgan fingerprint density at radius 1 is 1.15 bits per heavy atom. The van der Waals surface area contributed by atoms with E-state index >= 15 is 0 Å². The highest BCUT2D eigenvalue weighted by Gasteiger charge is 2.40. The number of nitrogens with one attached hydrogen (secondary N) is 1. The molecule has 0 aliphatic heterocycles. The molecule has 0 saturated heterocycles. The summed E-state index contributed by atoms with van der Waals surface area (Å²) in [6.07, 6.45) is -5.04. The number of halogens is 3. The van der Waals surface area contributed by atoms with Gasteiger partial charge in [-0.05, 0) is 11.6 Å². The summed E-state index contributed by atoms with van der Waals surface area (Å²) in [5, 5.41) is 18.6. The number of aromatic carboxylic acids is 2. The summed E-state index contributed by atoms with van der Waals surface area (Å²) in [6.45, 7) is 0. The number of pyridine rings is 1. The number of nitrogens with two attached hydrogens (primary N) is 1. The largest absolute Gasteiger partial charge is 0.496 e. The maximum absolute atomic E-state index is 13.6. The van der Waals surface area contributed by atoms with E-state index in [4.69, 9.17) is 5.73 Å². The van der Waals surface area contributed by atoms with Gasteiger partial charge in [-0.15, -0.1) is 0 Å². The van der Waals surface area contributed by atoms with Crippen LogP contribution in [0.5, 0.6) is 5.75 Å². The molecule has 0 fully saturated rings. The topological polar surface area (TPSA) is 143 Å². The van der Waals surface area contributed by atoms with Crippen molar-refractivity contribution in [3.05, 3.63) is 45.2 Å². The summed E-state index contributed by atoms with van der Waals surface area (Å²) in [4.78, 5) is 36.7. The summed E-state index contributed by atoms with van der Waals surface area (Å²) < 4.78 is 45.3. The van der Waals surface area contributed by atoms with Crippen molar-refractivity contribution in [1.82, 2.24) is 4.98 Å². The molecule has 0 radical (unpaired) electrons. The zero-order chi connectivity index (χ0) is 19.8. The number of anilines is 1. The highest BCUT2D eigenvalue weighted by Crippen LogP contribution is 2.44. The number of H-pyrrole nitrogens is 1. The van der Waals surface area contributed by atoms with Gasteiger partial charge in [-0.25, -0.2) is 9.59 Å². The molecule has 0 aliphatic carbocycles. The summed E-state index contributed by atoms with van der Waals surface area (Å²) >= 11 is 0. The second kappa shape index (κ2) is 6.43. The third-order valence-corrected chi connectivity index (χ3v) is 3.47. The van der Waals surface area contributed by atoms with Gasteiger partial charge in [0.25, 0.3) is 5.56 Å². The monoisotopic (exact) mass is 372 g/mol. The molecule has 0 amide bonds. The van der Waals surface area contributed by atoms with Crippen molar-refractivity contribution in [2.75, 3.05) is 12.8 Å². The molecule has 0 aliphatic rings. The van der Waals surface area contributed by atoms with Gasteiger partial charge in [0.2, 0.25) is 0 Å². The van der Waals surface area contributed by atoms with Crippen molar-refractivity contribution < 1.29 is 37.7 Å². The highest BCUT2D eigenvalue weighted by molar-refractivity contribution is 6.07. The Labute approximate surface area is 142 Å². The maximum atomic E-state index is 13.6. The van der Waals surface area contributed by atoms with Crippen LogP contribution in [0.2, 0.25) is 0 Å². The first-order valence-electron chi connectivity index (χ1n) is 6.77. The van der Waals surface area contributed by atoms with Gasteiger partial charge in [0.05, 0.1) is 7.11 Å². The molecule has 5 N–H and O–H groups in total. The molecule has 2 aromatic rings. The number of hydrogen-bond acceptors (Lipinski definition) is 5. The minimum Gasteiger partial charge on any atom is -0.496 e. The average molecular weight is 372 g/mol. The Hall–Kier alpha value is -3.50. The fraction of sp³-hybridized carbons (Fsp3) is 0.133. The Kier molecular flexibility index (Phi) is 4.65. The SMILES string of the molecule is COc1cccc(-c2c(C(=O)O)c(N)[nH]c(=O)c2C(=O)O)c1C(F)(F)F. The molecule has 2 rings (SSSR count). The molecule has 11 heteroatoms. The van der Waals surface area contributed by atoms with Crippen LogP contribution in [-0.4, -0.2) is 34.2 Å². The average Bonchev–Trinajstić information content (AvgIpc) is 2.51. The Bertz CT molecular complexity index is 965. The lowest BCUT2D eigenvalue weighted by Gasteiger charge is -2.19. The molecular formula is C15H11F3N2O6. The van der Waals surface area contributed by atoms with E-state index in [9.17, 15) is 37.8 Å². The first-order chi connectivity index (χ1) is 12.0. The summed E-state index contributed by atoms with van der Waals surface area (Å²) in [5.41, 5.74) is -1.33. The number of benzene rings is 1. The van der Waals surface area contributed by atoms with Crippen molar-refractivity contribution in [2.24, 2.45) is 0 Å². The van der Waals surface area contributed by atoms with Crippen molar-refractivity contribution >= 4 is 17.8 Å². The molecule has 0 unspecified atom stereocenters. The maximum Gasteiger partial charge on any atom is 0.420 e. The number of aromatic nitrogens is 1. The van der Waals surface area contributed by atoms with Gasteiger partial charge < -0.3 is 25.7 Å². The van der Waals surface area contributed by atoms with E-state index in [1.54, 1.807) is 0 Å². The fourth-order valence-corrected chi connectivity index (χ4v) is 2.52. The van der Waals surface area contributed by atoms with Gasteiger partial charge in [-0.1, -0.05) is 12.1 Å². The number of carboxylic acids is 2. The van der Waals surface area contributed by atoms with Crippen LogP contribution in [0.1, 0.15) is 26.3 Å². The van der Waals surface area contributed by atoms with Gasteiger partial charge in [0, 0.05) is 5.56 Å². The smallest absolute Gasteiger partial charge is 0.420 e. The number of hydrogen-bond donors (Lipinski definition) is 4. The Morgan fingerprint density at radius 2 is 1.73 bits per heavy atom. The van der Waals surface area contributed by atoms with Crippen molar-refractivity contribution in [3.8, 4) is 16.9 Å². The number of aromatic amines is 1. The molecule has 0 spiro atoms. The van der Waals surface area contributed by atoms with Crippen molar-refractivity contribution in [3.63, 3.8) is 0 Å². The Balaban J connectivity index is 3.14. The summed E-state index contributed by atoms with van der Waals surface area (Å²) in [6, 6.07) is 2.89. The van der Waals surface area contributed by atoms with E-state index < -0.39 is 63.1 Å². The zero-order valence-corrected chi connectivity index (χ0v) is 13.0. The molecule has 1 aromatic carbocycles. The number of nitrogen functional groups attached to an aromatic ring is 1. The normalized spacial score (nSPS) is 11.2. The molecular weight excluding hydrogens is 361 g/mol. The highest BCUT2D eigenvalue weighted by atomic mass is 19.4. The summed E-state index contributed by atoms with van der Waals surface area (Å²) in [5.74, 6) is -5.19. The van der Waals surface area contributed by atoms with Crippen molar-refractivity contribution in [1.29, 1.82) is 0 Å².